The summed E-state index contributed by atoms with van der Waals surface area (Å²) < 4.78 is 0. The molecule has 0 fully saturated rings. The Labute approximate surface area is 94.2 Å². The van der Waals surface area contributed by atoms with Gasteiger partial charge in [0, 0.05) is 18.9 Å². The molecule has 0 aliphatic carbocycles. The van der Waals surface area contributed by atoms with Crippen LogP contribution in [0, 0.1) is 0 Å². The molecule has 0 atom stereocenters. The molecule has 5 N–H and O–H groups in total. The summed E-state index contributed by atoms with van der Waals surface area (Å²) in [6.07, 6.45) is 6.10. The molecule has 0 aromatic rings. The van der Waals surface area contributed by atoms with Gasteiger partial charge in [-0.2, -0.15) is 0 Å². The largest absolute Gasteiger partial charge is 0.330 e. The van der Waals surface area contributed by atoms with Crippen molar-refractivity contribution in [1.82, 2.24) is 5.32 Å². The summed E-state index contributed by atoms with van der Waals surface area (Å²) in [5.74, 6) is 0. The first-order valence-corrected chi connectivity index (χ1v) is 5.02. The zero-order chi connectivity index (χ0) is 9.07. The fourth-order valence-corrected chi connectivity index (χ4v) is 1.10. The summed E-state index contributed by atoms with van der Waals surface area (Å²) in [7, 11) is 0. The summed E-state index contributed by atoms with van der Waals surface area (Å²) in [6, 6.07) is 0. The third-order valence-corrected chi connectivity index (χ3v) is 1.87. The van der Waals surface area contributed by atoms with E-state index in [2.05, 4.69) is 5.32 Å². The van der Waals surface area contributed by atoms with E-state index >= 15 is 0 Å². The Balaban J connectivity index is 0. The molecule has 75 valence electrons. The molecule has 13 heavy (non-hydrogen) atoms. The predicted octanol–water partition coefficient (Wildman–Crippen LogP) is 0.0631. The zero-order valence-electron chi connectivity index (χ0n) is 9.02. The van der Waals surface area contributed by atoms with E-state index in [-0.39, 0.29) is 18.9 Å². The second-order valence-electron chi connectivity index (χ2n) is 3.10. The Hall–Kier alpha value is 0.477. The van der Waals surface area contributed by atoms with Gasteiger partial charge in [-0.3, -0.25) is 0 Å². The first-order chi connectivity index (χ1) is 5.91. The van der Waals surface area contributed by atoms with Crippen molar-refractivity contribution in [1.29, 1.82) is 0 Å². The third-order valence-electron chi connectivity index (χ3n) is 1.87. The Kier molecular flexibility index (Phi) is 18.3. The van der Waals surface area contributed by atoms with Crippen LogP contribution in [0.4, 0.5) is 0 Å². The average Bonchev–Trinajstić information content (AvgIpc) is 2.10. The second-order valence-corrected chi connectivity index (χ2v) is 3.10. The van der Waals surface area contributed by atoms with E-state index in [4.69, 9.17) is 11.5 Å². The van der Waals surface area contributed by atoms with Crippen LogP contribution in [0.15, 0.2) is 0 Å². The van der Waals surface area contributed by atoms with E-state index in [1.54, 1.807) is 0 Å². The first kappa shape index (κ1) is 15.9. The van der Waals surface area contributed by atoms with Gasteiger partial charge >= 0.3 is 0 Å². The molecular formula is C9H23LiN3. The number of hydrogen-bond acceptors (Lipinski definition) is 3. The minimum Gasteiger partial charge on any atom is -0.330 e. The molecule has 0 aliphatic rings. The van der Waals surface area contributed by atoms with Gasteiger partial charge in [0.1, 0.15) is 0 Å². The van der Waals surface area contributed by atoms with Crippen LogP contribution in [0.3, 0.4) is 0 Å². The smallest absolute Gasteiger partial charge is 0 e. The molecule has 0 aliphatic heterocycles. The van der Waals surface area contributed by atoms with E-state index in [9.17, 15) is 0 Å². The molecule has 0 aromatic carbocycles. The van der Waals surface area contributed by atoms with Crippen LogP contribution in [0.1, 0.15) is 32.1 Å². The molecule has 0 amide bonds. The third kappa shape index (κ3) is 15.2. The van der Waals surface area contributed by atoms with Crippen LogP contribution < -0.4 is 16.8 Å². The summed E-state index contributed by atoms with van der Waals surface area (Å²) in [6.45, 7) is 3.82. The van der Waals surface area contributed by atoms with Crippen LogP contribution in [-0.4, -0.2) is 45.0 Å². The zero-order valence-corrected chi connectivity index (χ0v) is 9.02. The maximum absolute atomic E-state index is 5.38. The number of rotatable bonds is 9. The molecule has 0 heterocycles. The predicted molar refractivity (Wildman–Crippen MR) is 59.8 cm³/mol. The summed E-state index contributed by atoms with van der Waals surface area (Å²) in [5.41, 5.74) is 10.7. The molecule has 0 bridgehead atoms. The van der Waals surface area contributed by atoms with Crippen molar-refractivity contribution in [2.45, 2.75) is 32.1 Å². The van der Waals surface area contributed by atoms with E-state index in [1.807, 2.05) is 0 Å². The van der Waals surface area contributed by atoms with Gasteiger partial charge in [-0.1, -0.05) is 12.8 Å². The van der Waals surface area contributed by atoms with Gasteiger partial charge in [0.25, 0.3) is 0 Å². The van der Waals surface area contributed by atoms with Crippen LogP contribution in [0.5, 0.6) is 0 Å². The number of nitrogens with two attached hydrogens (primary N) is 2. The van der Waals surface area contributed by atoms with Crippen molar-refractivity contribution < 1.29 is 0 Å². The van der Waals surface area contributed by atoms with Crippen LogP contribution in [-0.2, 0) is 0 Å². The monoisotopic (exact) mass is 180 g/mol. The Morgan fingerprint density at radius 1 is 0.692 bits per heavy atom. The summed E-state index contributed by atoms with van der Waals surface area (Å²) >= 11 is 0. The summed E-state index contributed by atoms with van der Waals surface area (Å²) in [5, 5.41) is 3.35. The Bertz CT molecular complexity index is 71.3. The fourth-order valence-electron chi connectivity index (χ4n) is 1.10. The first-order valence-electron chi connectivity index (χ1n) is 5.02. The van der Waals surface area contributed by atoms with E-state index in [0.717, 1.165) is 32.6 Å². The van der Waals surface area contributed by atoms with Gasteiger partial charge in [0.05, 0.1) is 0 Å². The standard InChI is InChI=1S/C9H23N3.Li/c10-6-3-1-2-4-8-12-9-5-7-11;/h12H,1-11H2;. The molecule has 0 spiro atoms. The SMILES string of the molecule is NCCCCCCNCCCN.[Li]. The van der Waals surface area contributed by atoms with Crippen molar-refractivity contribution in [2.24, 2.45) is 11.5 Å². The van der Waals surface area contributed by atoms with E-state index in [1.165, 1.54) is 25.7 Å². The fraction of sp³-hybridized carbons (Fsp3) is 1.00. The molecule has 4 heteroatoms. The maximum Gasteiger partial charge on any atom is 0 e. The topological polar surface area (TPSA) is 64.1 Å². The molecule has 0 unspecified atom stereocenters. The molecule has 3 nitrogen and oxygen atoms in total. The van der Waals surface area contributed by atoms with Crippen molar-refractivity contribution in [3.63, 3.8) is 0 Å². The molecule has 0 saturated carbocycles. The Morgan fingerprint density at radius 3 is 1.85 bits per heavy atom. The van der Waals surface area contributed by atoms with E-state index < -0.39 is 0 Å². The molecule has 0 aromatic heterocycles. The van der Waals surface area contributed by atoms with Gasteiger partial charge < -0.3 is 16.8 Å². The maximum atomic E-state index is 5.38. The number of hydrogen-bond donors (Lipinski definition) is 3. The van der Waals surface area contributed by atoms with Crippen LogP contribution in [0.25, 0.3) is 0 Å². The second kappa shape index (κ2) is 15.0. The minimum absolute atomic E-state index is 0. The molecule has 0 rings (SSSR count). The van der Waals surface area contributed by atoms with Crippen molar-refractivity contribution >= 4 is 18.9 Å². The average molecular weight is 180 g/mol. The number of unbranched alkanes of at least 4 members (excludes halogenated alkanes) is 3. The minimum atomic E-state index is 0. The quantitative estimate of drug-likeness (QED) is 0.347. The normalized spacial score (nSPS) is 9.69. The molecular weight excluding hydrogens is 157 g/mol. The van der Waals surface area contributed by atoms with Crippen molar-refractivity contribution in [3.8, 4) is 0 Å². The van der Waals surface area contributed by atoms with Gasteiger partial charge in [-0.15, -0.1) is 0 Å². The van der Waals surface area contributed by atoms with Gasteiger partial charge in [-0.05, 0) is 45.4 Å². The molecule has 1 radical (unpaired) electrons. The van der Waals surface area contributed by atoms with Gasteiger partial charge in [-0.25, -0.2) is 0 Å². The van der Waals surface area contributed by atoms with E-state index in [0.29, 0.717) is 0 Å². The van der Waals surface area contributed by atoms with Crippen LogP contribution >= 0.6 is 0 Å². The molecule has 0 saturated heterocycles. The van der Waals surface area contributed by atoms with Gasteiger partial charge in [0.2, 0.25) is 0 Å². The van der Waals surface area contributed by atoms with Crippen LogP contribution in [0.2, 0.25) is 0 Å². The summed E-state index contributed by atoms with van der Waals surface area (Å²) in [4.78, 5) is 0. The number of nitrogens with one attached hydrogen (secondary N) is 1. The van der Waals surface area contributed by atoms with Crippen molar-refractivity contribution in [2.75, 3.05) is 26.2 Å². The van der Waals surface area contributed by atoms with Crippen molar-refractivity contribution in [3.05, 3.63) is 0 Å². The Morgan fingerprint density at radius 2 is 1.23 bits per heavy atom. The van der Waals surface area contributed by atoms with Gasteiger partial charge in [0.15, 0.2) is 0 Å².